The Morgan fingerprint density at radius 3 is 2.69 bits per heavy atom. The first-order chi connectivity index (χ1) is 12.2. The smallest absolute Gasteiger partial charge is 0.379 e. The number of benzene rings is 1. The number of nitrogens with zero attached hydrogens (tertiary/aromatic N) is 4. The van der Waals surface area contributed by atoms with E-state index in [-0.39, 0.29) is 6.54 Å². The highest BCUT2D eigenvalue weighted by atomic mass is 19.4. The predicted molar refractivity (Wildman–Crippen MR) is 90.0 cm³/mol. The standard InChI is InChI=1S/C18H15F3N4O/c1-11-8-15(24-7-6-17(26,10-24)18(19,20)21)25-14-5-3-2-4-13(14)23-16(25)12(11)9-22/h2-5,8,26H,6-7,10H2,1H3/t17-/m0/s1. The lowest BCUT2D eigenvalue weighted by molar-refractivity contribution is -0.250. The molecule has 134 valence electrons. The highest BCUT2D eigenvalue weighted by Crippen LogP contribution is 2.40. The number of pyridine rings is 1. The van der Waals surface area contributed by atoms with Crippen LogP contribution in [-0.2, 0) is 0 Å². The van der Waals surface area contributed by atoms with Crippen LogP contribution in [0.15, 0.2) is 30.3 Å². The van der Waals surface area contributed by atoms with Gasteiger partial charge in [-0.2, -0.15) is 18.4 Å². The molecule has 0 saturated carbocycles. The molecule has 1 N–H and O–H groups in total. The van der Waals surface area contributed by atoms with Crippen molar-refractivity contribution in [2.75, 3.05) is 18.0 Å². The number of aromatic nitrogens is 2. The third-order valence-electron chi connectivity index (χ3n) is 4.96. The lowest BCUT2D eigenvalue weighted by atomic mass is 10.0. The Kier molecular flexibility index (Phi) is 3.43. The molecule has 3 heterocycles. The minimum absolute atomic E-state index is 0.0585. The molecule has 1 fully saturated rings. The third-order valence-corrected chi connectivity index (χ3v) is 4.96. The van der Waals surface area contributed by atoms with E-state index < -0.39 is 24.7 Å². The van der Waals surface area contributed by atoms with Gasteiger partial charge in [0.1, 0.15) is 11.9 Å². The van der Waals surface area contributed by atoms with Crippen LogP contribution in [0.3, 0.4) is 0 Å². The number of para-hydroxylation sites is 2. The summed E-state index contributed by atoms with van der Waals surface area (Å²) in [4.78, 5) is 6.00. The Morgan fingerprint density at radius 2 is 2.04 bits per heavy atom. The maximum Gasteiger partial charge on any atom is 0.418 e. The Morgan fingerprint density at radius 1 is 1.31 bits per heavy atom. The van der Waals surface area contributed by atoms with Crippen molar-refractivity contribution in [3.8, 4) is 6.07 Å². The number of rotatable bonds is 1. The molecule has 3 aromatic rings. The number of alkyl halides is 3. The summed E-state index contributed by atoms with van der Waals surface area (Å²) >= 11 is 0. The van der Waals surface area contributed by atoms with Gasteiger partial charge in [0.2, 0.25) is 0 Å². The van der Waals surface area contributed by atoms with E-state index in [9.17, 15) is 23.5 Å². The fourth-order valence-corrected chi connectivity index (χ4v) is 3.52. The number of β-amino-alcohol motifs (C(OH)–C–C–N with tert-alkyl or cyclic N) is 1. The molecule has 1 saturated heterocycles. The Balaban J connectivity index is 1.96. The SMILES string of the molecule is Cc1cc(N2CC[C@@](O)(C(F)(F)F)C2)n2c(nc3ccccc32)c1C#N. The number of hydrogen-bond donors (Lipinski definition) is 1. The van der Waals surface area contributed by atoms with Gasteiger partial charge >= 0.3 is 6.18 Å². The zero-order chi connectivity index (χ0) is 18.7. The van der Waals surface area contributed by atoms with Gasteiger partial charge in [-0.25, -0.2) is 4.98 Å². The van der Waals surface area contributed by atoms with Crippen LogP contribution in [0.4, 0.5) is 19.0 Å². The Labute approximate surface area is 146 Å². The minimum Gasteiger partial charge on any atom is -0.379 e. The summed E-state index contributed by atoms with van der Waals surface area (Å²) in [5.41, 5.74) is 0.0454. The average molecular weight is 360 g/mol. The van der Waals surface area contributed by atoms with Gasteiger partial charge in [0.15, 0.2) is 11.2 Å². The molecule has 26 heavy (non-hydrogen) atoms. The van der Waals surface area contributed by atoms with Crippen LogP contribution < -0.4 is 4.90 Å². The average Bonchev–Trinajstić information content (AvgIpc) is 3.15. The number of aryl methyl sites for hydroxylation is 1. The monoisotopic (exact) mass is 360 g/mol. The van der Waals surface area contributed by atoms with Crippen molar-refractivity contribution in [3.05, 3.63) is 41.5 Å². The molecule has 2 aromatic heterocycles. The van der Waals surface area contributed by atoms with E-state index in [4.69, 9.17) is 0 Å². The summed E-state index contributed by atoms with van der Waals surface area (Å²) in [7, 11) is 0. The van der Waals surface area contributed by atoms with Crippen LogP contribution in [0.25, 0.3) is 16.7 Å². The van der Waals surface area contributed by atoms with E-state index in [1.165, 1.54) is 4.90 Å². The molecule has 1 aliphatic rings. The molecular formula is C18H15F3N4O. The molecule has 0 spiro atoms. The van der Waals surface area contributed by atoms with Gasteiger partial charge in [0, 0.05) is 13.0 Å². The van der Waals surface area contributed by atoms with Crippen molar-refractivity contribution in [3.63, 3.8) is 0 Å². The summed E-state index contributed by atoms with van der Waals surface area (Å²) in [5.74, 6) is 0.491. The topological polar surface area (TPSA) is 64.6 Å². The lowest BCUT2D eigenvalue weighted by Crippen LogP contribution is -2.47. The first-order valence-electron chi connectivity index (χ1n) is 8.10. The second-order valence-electron chi connectivity index (χ2n) is 6.63. The van der Waals surface area contributed by atoms with E-state index in [0.717, 1.165) is 0 Å². The molecule has 0 unspecified atom stereocenters. The van der Waals surface area contributed by atoms with E-state index in [1.807, 2.05) is 12.1 Å². The molecule has 0 amide bonds. The molecule has 5 nitrogen and oxygen atoms in total. The first kappa shape index (κ1) is 16.7. The van der Waals surface area contributed by atoms with E-state index >= 15 is 0 Å². The normalized spacial score (nSPS) is 20.8. The lowest BCUT2D eigenvalue weighted by Gasteiger charge is -2.27. The first-order valence-corrected chi connectivity index (χ1v) is 8.10. The number of imidazole rings is 1. The summed E-state index contributed by atoms with van der Waals surface area (Å²) in [6.45, 7) is 1.24. The predicted octanol–water partition coefficient (Wildman–Crippen LogP) is 3.17. The number of anilines is 1. The zero-order valence-electron chi connectivity index (χ0n) is 13.9. The van der Waals surface area contributed by atoms with Crippen LogP contribution >= 0.6 is 0 Å². The molecule has 8 heteroatoms. The van der Waals surface area contributed by atoms with Crippen LogP contribution in [0.2, 0.25) is 0 Å². The summed E-state index contributed by atoms with van der Waals surface area (Å²) in [5, 5.41) is 19.5. The van der Waals surface area contributed by atoms with Gasteiger partial charge in [-0.1, -0.05) is 12.1 Å². The third kappa shape index (κ3) is 2.24. The molecule has 0 radical (unpaired) electrons. The molecule has 1 aromatic carbocycles. The second kappa shape index (κ2) is 5.35. The maximum atomic E-state index is 13.2. The molecule has 1 aliphatic heterocycles. The summed E-state index contributed by atoms with van der Waals surface area (Å²) in [6, 6.07) is 11.0. The summed E-state index contributed by atoms with van der Waals surface area (Å²) < 4.78 is 41.3. The molecular weight excluding hydrogens is 345 g/mol. The van der Waals surface area contributed by atoms with Crippen molar-refractivity contribution < 1.29 is 18.3 Å². The van der Waals surface area contributed by atoms with Crippen molar-refractivity contribution in [2.45, 2.75) is 25.1 Å². The van der Waals surface area contributed by atoms with Gasteiger partial charge in [-0.15, -0.1) is 0 Å². The van der Waals surface area contributed by atoms with Crippen LogP contribution in [-0.4, -0.2) is 39.4 Å². The van der Waals surface area contributed by atoms with Crippen molar-refractivity contribution in [2.24, 2.45) is 0 Å². The number of nitriles is 1. The van der Waals surface area contributed by atoms with E-state index in [2.05, 4.69) is 11.1 Å². The van der Waals surface area contributed by atoms with Gasteiger partial charge < -0.3 is 10.0 Å². The quantitative estimate of drug-likeness (QED) is 0.724. The van der Waals surface area contributed by atoms with E-state index in [0.29, 0.717) is 33.6 Å². The second-order valence-corrected chi connectivity index (χ2v) is 6.63. The van der Waals surface area contributed by atoms with Crippen LogP contribution in [0, 0.1) is 18.3 Å². The van der Waals surface area contributed by atoms with Crippen LogP contribution in [0.5, 0.6) is 0 Å². The maximum absolute atomic E-state index is 13.2. The Hall–Kier alpha value is -2.79. The molecule has 0 aliphatic carbocycles. The zero-order valence-corrected chi connectivity index (χ0v) is 13.9. The fraction of sp³-hybridized carbons (Fsp3) is 0.333. The highest BCUT2D eigenvalue weighted by Gasteiger charge is 2.57. The van der Waals surface area contributed by atoms with Gasteiger partial charge in [0.05, 0.1) is 23.1 Å². The fourth-order valence-electron chi connectivity index (χ4n) is 3.52. The molecule has 4 rings (SSSR count). The summed E-state index contributed by atoms with van der Waals surface area (Å²) in [6.07, 6.45) is -5.09. The number of hydrogen-bond acceptors (Lipinski definition) is 4. The van der Waals surface area contributed by atoms with Crippen molar-refractivity contribution in [1.29, 1.82) is 5.26 Å². The van der Waals surface area contributed by atoms with Gasteiger partial charge in [-0.05, 0) is 30.7 Å². The number of fused-ring (bicyclic) bond motifs is 3. The van der Waals surface area contributed by atoms with Crippen molar-refractivity contribution >= 4 is 22.5 Å². The minimum atomic E-state index is -4.69. The van der Waals surface area contributed by atoms with E-state index in [1.54, 1.807) is 29.5 Å². The largest absolute Gasteiger partial charge is 0.418 e. The highest BCUT2D eigenvalue weighted by molar-refractivity contribution is 5.85. The number of halogens is 3. The number of aliphatic hydroxyl groups is 1. The van der Waals surface area contributed by atoms with Crippen molar-refractivity contribution in [1.82, 2.24) is 9.38 Å². The van der Waals surface area contributed by atoms with Gasteiger partial charge in [-0.3, -0.25) is 4.40 Å². The van der Waals surface area contributed by atoms with Crippen LogP contribution in [0.1, 0.15) is 17.5 Å². The van der Waals surface area contributed by atoms with Gasteiger partial charge in [0.25, 0.3) is 0 Å². The molecule has 0 bridgehead atoms. The Bertz CT molecular complexity index is 1070. The molecule has 1 atom stereocenters.